The molecule has 2 rings (SSSR count). The van der Waals surface area contributed by atoms with Crippen LogP contribution < -0.4 is 5.32 Å². The molecule has 112 valence electrons. The van der Waals surface area contributed by atoms with Crippen LogP contribution in [0.2, 0.25) is 0 Å². The van der Waals surface area contributed by atoms with Gasteiger partial charge in [-0.15, -0.1) is 0 Å². The Balaban J connectivity index is 1.62. The summed E-state index contributed by atoms with van der Waals surface area (Å²) < 4.78 is 26.0. The van der Waals surface area contributed by atoms with Crippen molar-refractivity contribution in [3.63, 3.8) is 0 Å². The summed E-state index contributed by atoms with van der Waals surface area (Å²) in [5, 5.41) is 13.1. The third-order valence-corrected chi connectivity index (χ3v) is 3.97. The van der Waals surface area contributed by atoms with Crippen molar-refractivity contribution in [2.45, 2.75) is 44.6 Å². The summed E-state index contributed by atoms with van der Waals surface area (Å²) in [7, 11) is 0. The lowest BCUT2D eigenvalue weighted by molar-refractivity contribution is 0.141. The zero-order valence-electron chi connectivity index (χ0n) is 11.7. The summed E-state index contributed by atoms with van der Waals surface area (Å²) in [5.41, 5.74) is 0.639. The molecule has 1 unspecified atom stereocenters. The molecular weight excluding hydrogens is 260 g/mol. The van der Waals surface area contributed by atoms with E-state index < -0.39 is 11.6 Å². The summed E-state index contributed by atoms with van der Waals surface area (Å²) in [6.45, 7) is 1.17. The van der Waals surface area contributed by atoms with Crippen LogP contribution in [-0.4, -0.2) is 24.3 Å². The van der Waals surface area contributed by atoms with E-state index in [1.807, 2.05) is 0 Å². The molecule has 2 nitrogen and oxygen atoms in total. The Morgan fingerprint density at radius 3 is 2.45 bits per heavy atom. The second-order valence-electron chi connectivity index (χ2n) is 5.77. The van der Waals surface area contributed by atoms with Crippen molar-refractivity contribution in [3.05, 3.63) is 35.4 Å². The van der Waals surface area contributed by atoms with Gasteiger partial charge in [0, 0.05) is 12.6 Å². The first-order chi connectivity index (χ1) is 9.63. The highest BCUT2D eigenvalue weighted by Gasteiger charge is 2.18. The lowest BCUT2D eigenvalue weighted by Crippen LogP contribution is -2.29. The minimum Gasteiger partial charge on any atom is -0.392 e. The lowest BCUT2D eigenvalue weighted by atomic mass is 10.00. The topological polar surface area (TPSA) is 32.3 Å². The van der Waals surface area contributed by atoms with Gasteiger partial charge >= 0.3 is 0 Å². The minimum atomic E-state index is -0.540. The van der Waals surface area contributed by atoms with Gasteiger partial charge in [0.1, 0.15) is 11.6 Å². The predicted octanol–water partition coefficient (Wildman–Crippen LogP) is 3.04. The molecule has 1 aromatic carbocycles. The van der Waals surface area contributed by atoms with Crippen LogP contribution in [0.25, 0.3) is 0 Å². The highest BCUT2D eigenvalue weighted by atomic mass is 19.1. The van der Waals surface area contributed by atoms with Crippen LogP contribution in [0, 0.1) is 17.6 Å². The second-order valence-corrected chi connectivity index (χ2v) is 5.77. The van der Waals surface area contributed by atoms with Crippen molar-refractivity contribution >= 4 is 0 Å². The number of nitrogens with one attached hydrogen (secondary N) is 1. The first-order valence-electron chi connectivity index (χ1n) is 7.47. The molecule has 0 aromatic heterocycles. The summed E-state index contributed by atoms with van der Waals surface area (Å²) in [6.07, 6.45) is 6.15. The maximum absolute atomic E-state index is 13.0. The maximum Gasteiger partial charge on any atom is 0.126 e. The zero-order valence-corrected chi connectivity index (χ0v) is 11.7. The molecule has 0 heterocycles. The lowest BCUT2D eigenvalue weighted by Gasteiger charge is -2.16. The van der Waals surface area contributed by atoms with E-state index in [0.717, 1.165) is 12.5 Å². The van der Waals surface area contributed by atoms with E-state index in [1.165, 1.54) is 37.8 Å². The Hall–Kier alpha value is -1.00. The average molecular weight is 283 g/mol. The molecule has 2 N–H and O–H groups in total. The number of hydrogen-bond acceptors (Lipinski definition) is 2. The fourth-order valence-corrected chi connectivity index (χ4v) is 2.97. The highest BCUT2D eigenvalue weighted by Crippen LogP contribution is 2.28. The van der Waals surface area contributed by atoms with E-state index >= 15 is 0 Å². The van der Waals surface area contributed by atoms with Crippen molar-refractivity contribution in [3.8, 4) is 0 Å². The standard InChI is InChI=1S/C16H23F2NO/c17-14-7-13(8-15(18)10-14)5-6-19-11-16(20)9-12-3-1-2-4-12/h7-8,10,12,16,19-20H,1-6,9,11H2. The molecule has 0 amide bonds. The van der Waals surface area contributed by atoms with E-state index in [9.17, 15) is 13.9 Å². The van der Waals surface area contributed by atoms with Gasteiger partial charge in [0.15, 0.2) is 0 Å². The molecule has 0 spiro atoms. The van der Waals surface area contributed by atoms with Crippen LogP contribution in [0.4, 0.5) is 8.78 Å². The summed E-state index contributed by atoms with van der Waals surface area (Å²) >= 11 is 0. The number of hydrogen-bond donors (Lipinski definition) is 2. The zero-order chi connectivity index (χ0) is 14.4. The van der Waals surface area contributed by atoms with E-state index in [2.05, 4.69) is 5.32 Å². The van der Waals surface area contributed by atoms with E-state index in [1.54, 1.807) is 0 Å². The molecule has 1 atom stereocenters. The molecule has 1 aromatic rings. The smallest absolute Gasteiger partial charge is 0.126 e. The molecule has 1 aliphatic carbocycles. The third kappa shape index (κ3) is 5.17. The van der Waals surface area contributed by atoms with E-state index in [0.29, 0.717) is 31.0 Å². The summed E-state index contributed by atoms with van der Waals surface area (Å²) in [6, 6.07) is 3.57. The second kappa shape index (κ2) is 7.70. The van der Waals surface area contributed by atoms with E-state index in [4.69, 9.17) is 0 Å². The molecule has 0 radical (unpaired) electrons. The largest absolute Gasteiger partial charge is 0.392 e. The van der Waals surface area contributed by atoms with Gasteiger partial charge in [0.05, 0.1) is 6.10 Å². The monoisotopic (exact) mass is 283 g/mol. The minimum absolute atomic E-state index is 0.317. The molecule has 1 aliphatic rings. The van der Waals surface area contributed by atoms with Gasteiger partial charge in [0.2, 0.25) is 0 Å². The molecule has 1 fully saturated rings. The van der Waals surface area contributed by atoms with Crippen molar-refractivity contribution in [2.24, 2.45) is 5.92 Å². The van der Waals surface area contributed by atoms with Crippen LogP contribution in [0.15, 0.2) is 18.2 Å². The molecule has 0 bridgehead atoms. The van der Waals surface area contributed by atoms with Gasteiger partial charge in [-0.1, -0.05) is 25.7 Å². The predicted molar refractivity (Wildman–Crippen MR) is 75.5 cm³/mol. The molecule has 1 saturated carbocycles. The number of halogens is 2. The summed E-state index contributed by atoms with van der Waals surface area (Å²) in [5.74, 6) is -0.411. The maximum atomic E-state index is 13.0. The highest BCUT2D eigenvalue weighted by molar-refractivity contribution is 5.18. The third-order valence-electron chi connectivity index (χ3n) is 3.97. The first-order valence-corrected chi connectivity index (χ1v) is 7.47. The fourth-order valence-electron chi connectivity index (χ4n) is 2.97. The van der Waals surface area contributed by atoms with Crippen LogP contribution in [-0.2, 0) is 6.42 Å². The average Bonchev–Trinajstić information content (AvgIpc) is 2.86. The van der Waals surface area contributed by atoms with Gasteiger partial charge in [0.25, 0.3) is 0 Å². The molecular formula is C16H23F2NO. The molecule has 0 aliphatic heterocycles. The Labute approximate surface area is 119 Å². The van der Waals surface area contributed by atoms with Gasteiger partial charge in [-0.25, -0.2) is 8.78 Å². The number of benzene rings is 1. The van der Waals surface area contributed by atoms with Crippen molar-refractivity contribution in [2.75, 3.05) is 13.1 Å². The van der Waals surface area contributed by atoms with Gasteiger partial charge in [-0.2, -0.15) is 0 Å². The first kappa shape index (κ1) is 15.4. The Kier molecular flexibility index (Phi) is 5.92. The Morgan fingerprint density at radius 2 is 1.80 bits per heavy atom. The van der Waals surface area contributed by atoms with Crippen molar-refractivity contribution < 1.29 is 13.9 Å². The Morgan fingerprint density at radius 1 is 1.15 bits per heavy atom. The van der Waals surface area contributed by atoms with Gasteiger partial charge in [-0.3, -0.25) is 0 Å². The van der Waals surface area contributed by atoms with Crippen molar-refractivity contribution in [1.29, 1.82) is 0 Å². The van der Waals surface area contributed by atoms with Gasteiger partial charge < -0.3 is 10.4 Å². The Bertz CT molecular complexity index is 399. The molecule has 0 saturated heterocycles. The van der Waals surface area contributed by atoms with Crippen LogP contribution in [0.5, 0.6) is 0 Å². The fraction of sp³-hybridized carbons (Fsp3) is 0.625. The number of aliphatic hydroxyl groups excluding tert-OH is 1. The van der Waals surface area contributed by atoms with Gasteiger partial charge in [-0.05, 0) is 43.0 Å². The number of rotatable bonds is 7. The SMILES string of the molecule is OC(CNCCc1cc(F)cc(F)c1)CC1CCCC1. The van der Waals surface area contributed by atoms with E-state index in [-0.39, 0.29) is 6.10 Å². The molecule has 4 heteroatoms. The quantitative estimate of drug-likeness (QED) is 0.754. The van der Waals surface area contributed by atoms with Crippen LogP contribution in [0.1, 0.15) is 37.7 Å². The van der Waals surface area contributed by atoms with Crippen LogP contribution in [0.3, 0.4) is 0 Å². The van der Waals surface area contributed by atoms with Crippen molar-refractivity contribution in [1.82, 2.24) is 5.32 Å². The normalized spacial score (nSPS) is 17.6. The van der Waals surface area contributed by atoms with Crippen LogP contribution >= 0.6 is 0 Å². The molecule has 20 heavy (non-hydrogen) atoms. The summed E-state index contributed by atoms with van der Waals surface area (Å²) in [4.78, 5) is 0. The number of aliphatic hydroxyl groups is 1.